The number of amides is 1. The Morgan fingerprint density at radius 3 is 2.80 bits per heavy atom. The molecule has 0 saturated heterocycles. The first-order valence-corrected chi connectivity index (χ1v) is 5.77. The third-order valence-electron chi connectivity index (χ3n) is 2.45. The second-order valence-electron chi connectivity index (χ2n) is 3.83. The predicted molar refractivity (Wildman–Crippen MR) is 62.2 cm³/mol. The van der Waals surface area contributed by atoms with Gasteiger partial charge in [0.25, 0.3) is 0 Å². The number of halogens is 1. The highest BCUT2D eigenvalue weighted by Crippen LogP contribution is 2.25. The number of nitrogens with one attached hydrogen (secondary N) is 1. The average molecular weight is 269 g/mol. The molecule has 1 aromatic rings. The van der Waals surface area contributed by atoms with Gasteiger partial charge in [-0.05, 0) is 30.5 Å². The summed E-state index contributed by atoms with van der Waals surface area (Å²) in [5.74, 6) is -0.319. The van der Waals surface area contributed by atoms with Crippen LogP contribution in [0.5, 0.6) is 0 Å². The zero-order valence-electron chi connectivity index (χ0n) is 8.24. The van der Waals surface area contributed by atoms with Gasteiger partial charge in [-0.15, -0.1) is 0 Å². The lowest BCUT2D eigenvalue weighted by Crippen LogP contribution is -2.34. The van der Waals surface area contributed by atoms with Crippen molar-refractivity contribution in [3.63, 3.8) is 0 Å². The van der Waals surface area contributed by atoms with Crippen LogP contribution in [0.4, 0.5) is 0 Å². The molecular formula is C11H13BrN2O. The predicted octanol–water partition coefficient (Wildman–Crippen LogP) is 1.73. The Morgan fingerprint density at radius 2 is 2.27 bits per heavy atom. The maximum atomic E-state index is 11.3. The fourth-order valence-corrected chi connectivity index (χ4v) is 1.93. The van der Waals surface area contributed by atoms with Crippen LogP contribution < -0.4 is 11.1 Å². The van der Waals surface area contributed by atoms with E-state index in [0.29, 0.717) is 6.04 Å². The van der Waals surface area contributed by atoms with Gasteiger partial charge >= 0.3 is 0 Å². The van der Waals surface area contributed by atoms with Crippen LogP contribution in [0.3, 0.4) is 0 Å². The lowest BCUT2D eigenvalue weighted by Gasteiger charge is -2.15. The van der Waals surface area contributed by atoms with Gasteiger partial charge in [-0.1, -0.05) is 28.1 Å². The van der Waals surface area contributed by atoms with Gasteiger partial charge in [0.05, 0.1) is 0 Å². The summed E-state index contributed by atoms with van der Waals surface area (Å²) in [6.07, 6.45) is 2.27. The van der Waals surface area contributed by atoms with Crippen molar-refractivity contribution in [2.75, 3.05) is 0 Å². The second kappa shape index (κ2) is 4.33. The van der Waals surface area contributed by atoms with Crippen molar-refractivity contribution in [1.82, 2.24) is 5.32 Å². The maximum Gasteiger partial charge on any atom is 0.239 e. The molecule has 1 aliphatic rings. The lowest BCUT2D eigenvalue weighted by molar-refractivity contribution is -0.120. The molecule has 4 heteroatoms. The highest BCUT2D eigenvalue weighted by atomic mass is 79.9. The number of benzene rings is 1. The number of rotatable bonds is 4. The summed E-state index contributed by atoms with van der Waals surface area (Å²) in [4.78, 5) is 11.3. The fraction of sp³-hybridized carbons (Fsp3) is 0.364. The van der Waals surface area contributed by atoms with Crippen molar-refractivity contribution in [3.05, 3.63) is 34.3 Å². The number of hydrogen-bond acceptors (Lipinski definition) is 2. The summed E-state index contributed by atoms with van der Waals surface area (Å²) in [5, 5.41) is 3.24. The van der Waals surface area contributed by atoms with E-state index in [4.69, 9.17) is 5.73 Å². The number of carbonyl (C=O) groups is 1. The molecule has 1 saturated carbocycles. The summed E-state index contributed by atoms with van der Waals surface area (Å²) >= 11 is 3.38. The molecule has 1 aromatic carbocycles. The molecule has 0 aromatic heterocycles. The molecule has 15 heavy (non-hydrogen) atoms. The standard InChI is InChI=1S/C11H13BrN2O/c12-8-3-1-2-7(6-8)10(11(13)15)14-9-4-5-9/h1-3,6,9-10,14H,4-5H2,(H2,13,15). The number of primary amides is 1. The molecule has 0 spiro atoms. The Bertz CT molecular complexity index is 377. The zero-order chi connectivity index (χ0) is 10.8. The van der Waals surface area contributed by atoms with Crippen LogP contribution in [-0.4, -0.2) is 11.9 Å². The summed E-state index contributed by atoms with van der Waals surface area (Å²) in [6.45, 7) is 0. The molecule has 0 radical (unpaired) electrons. The van der Waals surface area contributed by atoms with Gasteiger partial charge in [0.2, 0.25) is 5.91 Å². The third kappa shape index (κ3) is 2.79. The van der Waals surface area contributed by atoms with E-state index in [1.807, 2.05) is 24.3 Å². The minimum atomic E-state index is -0.366. The van der Waals surface area contributed by atoms with Gasteiger partial charge < -0.3 is 5.73 Å². The van der Waals surface area contributed by atoms with Crippen molar-refractivity contribution in [1.29, 1.82) is 0 Å². The molecule has 0 aliphatic heterocycles. The molecule has 1 atom stereocenters. The van der Waals surface area contributed by atoms with Crippen molar-refractivity contribution >= 4 is 21.8 Å². The fourth-order valence-electron chi connectivity index (χ4n) is 1.51. The number of carbonyl (C=O) groups excluding carboxylic acids is 1. The second-order valence-corrected chi connectivity index (χ2v) is 4.75. The molecule has 0 bridgehead atoms. The smallest absolute Gasteiger partial charge is 0.239 e. The maximum absolute atomic E-state index is 11.3. The van der Waals surface area contributed by atoms with Gasteiger partial charge in [0, 0.05) is 10.5 Å². The van der Waals surface area contributed by atoms with Crippen LogP contribution in [0.2, 0.25) is 0 Å². The van der Waals surface area contributed by atoms with Gasteiger partial charge in [0.15, 0.2) is 0 Å². The van der Waals surface area contributed by atoms with Crippen LogP contribution in [-0.2, 0) is 4.79 Å². The van der Waals surface area contributed by atoms with E-state index in [0.717, 1.165) is 22.9 Å². The molecule has 3 nitrogen and oxygen atoms in total. The highest BCUT2D eigenvalue weighted by molar-refractivity contribution is 9.10. The van der Waals surface area contributed by atoms with Crippen molar-refractivity contribution < 1.29 is 4.79 Å². The van der Waals surface area contributed by atoms with Crippen molar-refractivity contribution in [2.45, 2.75) is 24.9 Å². The van der Waals surface area contributed by atoms with E-state index in [2.05, 4.69) is 21.2 Å². The Morgan fingerprint density at radius 1 is 1.53 bits per heavy atom. The van der Waals surface area contributed by atoms with E-state index in [9.17, 15) is 4.79 Å². The summed E-state index contributed by atoms with van der Waals surface area (Å²) < 4.78 is 0.962. The first kappa shape index (κ1) is 10.6. The molecule has 1 unspecified atom stereocenters. The molecular weight excluding hydrogens is 256 g/mol. The van der Waals surface area contributed by atoms with Gasteiger partial charge in [-0.2, -0.15) is 0 Å². The Hall–Kier alpha value is -0.870. The van der Waals surface area contributed by atoms with Crippen LogP contribution >= 0.6 is 15.9 Å². The molecule has 1 amide bonds. The largest absolute Gasteiger partial charge is 0.368 e. The Labute approximate surface area is 97.2 Å². The van der Waals surface area contributed by atoms with Gasteiger partial charge in [-0.25, -0.2) is 0 Å². The summed E-state index contributed by atoms with van der Waals surface area (Å²) in [7, 11) is 0. The van der Waals surface area contributed by atoms with Crippen LogP contribution in [0.25, 0.3) is 0 Å². The summed E-state index contributed by atoms with van der Waals surface area (Å²) in [5.41, 5.74) is 6.30. The quantitative estimate of drug-likeness (QED) is 0.874. The Balaban J connectivity index is 2.18. The first-order chi connectivity index (χ1) is 7.16. The lowest BCUT2D eigenvalue weighted by atomic mass is 10.1. The van der Waals surface area contributed by atoms with E-state index >= 15 is 0 Å². The van der Waals surface area contributed by atoms with Crippen molar-refractivity contribution in [2.24, 2.45) is 5.73 Å². The summed E-state index contributed by atoms with van der Waals surface area (Å²) in [6, 6.07) is 7.76. The molecule has 2 rings (SSSR count). The number of nitrogens with two attached hydrogens (primary N) is 1. The van der Waals surface area contributed by atoms with Gasteiger partial charge in [0.1, 0.15) is 6.04 Å². The minimum absolute atomic E-state index is 0.319. The van der Waals surface area contributed by atoms with Crippen LogP contribution in [0.1, 0.15) is 24.4 Å². The highest BCUT2D eigenvalue weighted by Gasteiger charge is 2.28. The normalized spacial score (nSPS) is 17.4. The SMILES string of the molecule is NC(=O)C(NC1CC1)c1cccc(Br)c1. The van der Waals surface area contributed by atoms with Gasteiger partial charge in [-0.3, -0.25) is 10.1 Å². The van der Waals surface area contributed by atoms with Crippen LogP contribution in [0, 0.1) is 0 Å². The molecule has 0 heterocycles. The first-order valence-electron chi connectivity index (χ1n) is 4.97. The van der Waals surface area contributed by atoms with E-state index in [1.165, 1.54) is 0 Å². The third-order valence-corrected chi connectivity index (χ3v) is 2.94. The van der Waals surface area contributed by atoms with E-state index in [1.54, 1.807) is 0 Å². The zero-order valence-corrected chi connectivity index (χ0v) is 9.83. The minimum Gasteiger partial charge on any atom is -0.368 e. The average Bonchev–Trinajstić information content (AvgIpc) is 2.97. The monoisotopic (exact) mass is 268 g/mol. The van der Waals surface area contributed by atoms with E-state index in [-0.39, 0.29) is 11.9 Å². The Kier molecular flexibility index (Phi) is 3.07. The molecule has 3 N–H and O–H groups in total. The molecule has 1 fully saturated rings. The topological polar surface area (TPSA) is 55.1 Å². The van der Waals surface area contributed by atoms with Crippen LogP contribution in [0.15, 0.2) is 28.7 Å². The molecule has 1 aliphatic carbocycles. The molecule has 80 valence electrons. The van der Waals surface area contributed by atoms with Crippen molar-refractivity contribution in [3.8, 4) is 0 Å². The van der Waals surface area contributed by atoms with E-state index < -0.39 is 0 Å². The number of hydrogen-bond donors (Lipinski definition) is 2.